The molecule has 1 saturated heterocycles. The van der Waals surface area contributed by atoms with E-state index < -0.39 is 22.7 Å². The van der Waals surface area contributed by atoms with Gasteiger partial charge in [-0.15, -0.1) is 0 Å². The molecule has 2 heterocycles. The van der Waals surface area contributed by atoms with Crippen LogP contribution in [0.4, 0.5) is 16.3 Å². The summed E-state index contributed by atoms with van der Waals surface area (Å²) in [5.41, 5.74) is -0.904. The van der Waals surface area contributed by atoms with E-state index in [1.165, 1.54) is 18.3 Å². The van der Waals surface area contributed by atoms with Crippen molar-refractivity contribution < 1.29 is 19.2 Å². The van der Waals surface area contributed by atoms with E-state index in [4.69, 9.17) is 9.47 Å². The van der Waals surface area contributed by atoms with Crippen molar-refractivity contribution in [2.75, 3.05) is 25.5 Å². The summed E-state index contributed by atoms with van der Waals surface area (Å²) >= 11 is 0. The summed E-state index contributed by atoms with van der Waals surface area (Å²) in [5, 5.41) is 13.9. The van der Waals surface area contributed by atoms with E-state index in [0.29, 0.717) is 13.0 Å². The fraction of sp³-hybridized carbons (Fsp3) is 0.643. The average Bonchev–Trinajstić information content (AvgIpc) is 2.93. The highest BCUT2D eigenvalue weighted by Gasteiger charge is 2.33. The Morgan fingerprint density at radius 1 is 1.46 bits per heavy atom. The van der Waals surface area contributed by atoms with Crippen LogP contribution < -0.4 is 10.1 Å². The van der Waals surface area contributed by atoms with E-state index in [0.717, 1.165) is 0 Å². The molecule has 1 aliphatic heterocycles. The third-order valence-corrected chi connectivity index (χ3v) is 3.28. The molecule has 1 N–H and O–H groups in total. The van der Waals surface area contributed by atoms with Crippen molar-refractivity contribution in [3.63, 3.8) is 0 Å². The van der Waals surface area contributed by atoms with Crippen molar-refractivity contribution in [3.05, 3.63) is 16.4 Å². The average molecular weight is 339 g/mol. The summed E-state index contributed by atoms with van der Waals surface area (Å²) in [7, 11) is 1.53. The van der Waals surface area contributed by atoms with Gasteiger partial charge in [0.15, 0.2) is 0 Å². The molecule has 0 aromatic carbocycles. The highest BCUT2D eigenvalue weighted by Crippen LogP contribution is 2.32. The SMILES string of the molecule is CNc1ncnc(O[C@H]2CCN(C(=O)OC(C)(C)C)C2)c1[N+](=O)[O-]. The molecule has 1 amide bonds. The Labute approximate surface area is 139 Å². The maximum Gasteiger partial charge on any atom is 0.410 e. The van der Waals surface area contributed by atoms with Gasteiger partial charge in [0, 0.05) is 20.0 Å². The molecular weight excluding hydrogens is 318 g/mol. The van der Waals surface area contributed by atoms with E-state index in [-0.39, 0.29) is 23.9 Å². The van der Waals surface area contributed by atoms with Crippen LogP contribution in [0.25, 0.3) is 0 Å². The molecule has 2 rings (SSSR count). The van der Waals surface area contributed by atoms with Gasteiger partial charge < -0.3 is 19.7 Å². The van der Waals surface area contributed by atoms with E-state index in [1.807, 2.05) is 0 Å². The summed E-state index contributed by atoms with van der Waals surface area (Å²) in [6.45, 7) is 6.11. The first-order chi connectivity index (χ1) is 11.2. The Kier molecular flexibility index (Phi) is 5.05. The van der Waals surface area contributed by atoms with Gasteiger partial charge in [0.1, 0.15) is 18.0 Å². The largest absolute Gasteiger partial charge is 0.467 e. The molecule has 0 spiro atoms. The number of anilines is 1. The second-order valence-corrected chi connectivity index (χ2v) is 6.34. The predicted molar refractivity (Wildman–Crippen MR) is 85.1 cm³/mol. The molecular formula is C14H21N5O5. The lowest BCUT2D eigenvalue weighted by Gasteiger charge is -2.24. The highest BCUT2D eigenvalue weighted by atomic mass is 16.6. The molecule has 24 heavy (non-hydrogen) atoms. The second kappa shape index (κ2) is 6.85. The van der Waals surface area contributed by atoms with Crippen molar-refractivity contribution in [3.8, 4) is 5.88 Å². The second-order valence-electron chi connectivity index (χ2n) is 6.34. The third-order valence-electron chi connectivity index (χ3n) is 3.28. The number of hydrogen-bond donors (Lipinski definition) is 1. The topological polar surface area (TPSA) is 120 Å². The van der Waals surface area contributed by atoms with Crippen LogP contribution in [0.2, 0.25) is 0 Å². The number of aromatic nitrogens is 2. The third kappa shape index (κ3) is 4.21. The Morgan fingerprint density at radius 2 is 2.17 bits per heavy atom. The maximum absolute atomic E-state index is 12.0. The molecule has 1 aromatic rings. The summed E-state index contributed by atoms with van der Waals surface area (Å²) < 4.78 is 10.9. The smallest absolute Gasteiger partial charge is 0.410 e. The fourth-order valence-corrected chi connectivity index (χ4v) is 2.27. The minimum Gasteiger partial charge on any atom is -0.467 e. The number of nitro groups is 1. The minimum atomic E-state index is -0.595. The first kappa shape index (κ1) is 17.7. The number of likely N-dealkylation sites (tertiary alicyclic amines) is 1. The molecule has 0 bridgehead atoms. The molecule has 1 aromatic heterocycles. The number of carbonyl (C=O) groups excluding carboxylic acids is 1. The lowest BCUT2D eigenvalue weighted by Crippen LogP contribution is -2.36. The quantitative estimate of drug-likeness (QED) is 0.651. The van der Waals surface area contributed by atoms with E-state index >= 15 is 0 Å². The van der Waals surface area contributed by atoms with Crippen molar-refractivity contribution in [1.82, 2.24) is 14.9 Å². The molecule has 0 unspecified atom stereocenters. The van der Waals surface area contributed by atoms with Gasteiger partial charge in [-0.2, -0.15) is 4.98 Å². The van der Waals surface area contributed by atoms with Crippen LogP contribution >= 0.6 is 0 Å². The van der Waals surface area contributed by atoms with Gasteiger partial charge >= 0.3 is 11.8 Å². The number of nitrogens with zero attached hydrogens (tertiary/aromatic N) is 4. The molecule has 1 aliphatic rings. The van der Waals surface area contributed by atoms with Gasteiger partial charge in [-0.3, -0.25) is 10.1 Å². The number of amides is 1. The number of rotatable bonds is 4. The minimum absolute atomic E-state index is 0.0759. The van der Waals surface area contributed by atoms with Gasteiger partial charge in [-0.25, -0.2) is 9.78 Å². The predicted octanol–water partition coefficient (Wildman–Crippen LogP) is 1.81. The highest BCUT2D eigenvalue weighted by molar-refractivity contribution is 5.68. The summed E-state index contributed by atoms with van der Waals surface area (Å²) in [6.07, 6.45) is 0.904. The van der Waals surface area contributed by atoms with Crippen molar-refractivity contribution in [2.24, 2.45) is 0 Å². The summed E-state index contributed by atoms with van der Waals surface area (Å²) in [5.74, 6) is -0.0395. The van der Waals surface area contributed by atoms with Crippen LogP contribution in [-0.4, -0.2) is 57.7 Å². The van der Waals surface area contributed by atoms with E-state index in [1.54, 1.807) is 20.8 Å². The van der Waals surface area contributed by atoms with Crippen LogP contribution in [0.5, 0.6) is 5.88 Å². The first-order valence-corrected chi connectivity index (χ1v) is 7.53. The van der Waals surface area contributed by atoms with Crippen LogP contribution in [0.1, 0.15) is 27.2 Å². The van der Waals surface area contributed by atoms with Gasteiger partial charge in [0.05, 0.1) is 11.5 Å². The summed E-state index contributed by atoms with van der Waals surface area (Å²) in [6, 6.07) is 0. The zero-order chi connectivity index (χ0) is 17.9. The van der Waals surface area contributed by atoms with Gasteiger partial charge in [-0.1, -0.05) is 0 Å². The molecule has 1 atom stereocenters. The zero-order valence-corrected chi connectivity index (χ0v) is 14.1. The Balaban J connectivity index is 2.06. The molecule has 0 radical (unpaired) electrons. The van der Waals surface area contributed by atoms with Gasteiger partial charge in [-0.05, 0) is 20.8 Å². The lowest BCUT2D eigenvalue weighted by atomic mass is 10.2. The van der Waals surface area contributed by atoms with Gasteiger partial charge in [0.25, 0.3) is 5.88 Å². The standard InChI is InChI=1S/C14H21N5O5/c1-14(2,3)24-13(20)18-6-5-9(7-18)23-12-10(19(21)22)11(15-4)16-8-17-12/h8-9H,5-7H2,1-4H3,(H,15,16,17)/t9-/m0/s1. The molecule has 0 aliphatic carbocycles. The normalized spacial score (nSPS) is 17.5. The molecule has 0 saturated carbocycles. The van der Waals surface area contributed by atoms with E-state index in [9.17, 15) is 14.9 Å². The Hall–Kier alpha value is -2.65. The van der Waals surface area contributed by atoms with Crippen molar-refractivity contribution in [1.29, 1.82) is 0 Å². The molecule has 10 heteroatoms. The van der Waals surface area contributed by atoms with Crippen LogP contribution in [0.3, 0.4) is 0 Å². The van der Waals surface area contributed by atoms with Gasteiger partial charge in [0.2, 0.25) is 5.82 Å². The summed E-state index contributed by atoms with van der Waals surface area (Å²) in [4.78, 5) is 31.8. The van der Waals surface area contributed by atoms with Crippen molar-refractivity contribution >= 4 is 17.6 Å². The van der Waals surface area contributed by atoms with Crippen LogP contribution in [0.15, 0.2) is 6.33 Å². The Morgan fingerprint density at radius 3 is 2.75 bits per heavy atom. The number of nitrogens with one attached hydrogen (secondary N) is 1. The zero-order valence-electron chi connectivity index (χ0n) is 14.1. The van der Waals surface area contributed by atoms with Crippen molar-refractivity contribution in [2.45, 2.75) is 38.9 Å². The van der Waals surface area contributed by atoms with E-state index in [2.05, 4.69) is 15.3 Å². The molecule has 1 fully saturated rings. The van der Waals surface area contributed by atoms with Crippen LogP contribution in [0, 0.1) is 10.1 Å². The molecule has 10 nitrogen and oxygen atoms in total. The first-order valence-electron chi connectivity index (χ1n) is 7.53. The lowest BCUT2D eigenvalue weighted by molar-refractivity contribution is -0.385. The number of ether oxygens (including phenoxy) is 2. The Bertz CT molecular complexity index is 630. The number of hydrogen-bond acceptors (Lipinski definition) is 8. The maximum atomic E-state index is 12.0. The monoisotopic (exact) mass is 339 g/mol. The fourth-order valence-electron chi connectivity index (χ4n) is 2.27. The van der Waals surface area contributed by atoms with Crippen LogP contribution in [-0.2, 0) is 4.74 Å². The molecule has 132 valence electrons. The number of carbonyl (C=O) groups is 1.